The minimum absolute atomic E-state index is 0.00117. The zero-order chi connectivity index (χ0) is 32.3. The van der Waals surface area contributed by atoms with E-state index in [-0.39, 0.29) is 24.7 Å². The van der Waals surface area contributed by atoms with Crippen LogP contribution in [0.4, 0.5) is 20.7 Å². The van der Waals surface area contributed by atoms with Gasteiger partial charge in [-0.05, 0) is 47.9 Å². The van der Waals surface area contributed by atoms with Crippen molar-refractivity contribution in [2.75, 3.05) is 42.5 Å². The van der Waals surface area contributed by atoms with Gasteiger partial charge in [0, 0.05) is 84.5 Å². The van der Waals surface area contributed by atoms with Crippen molar-refractivity contribution in [2.24, 2.45) is 0 Å². The third-order valence-electron chi connectivity index (χ3n) is 9.66. The van der Waals surface area contributed by atoms with E-state index in [1.165, 1.54) is 4.90 Å². The lowest BCUT2D eigenvalue weighted by Gasteiger charge is -2.39. The number of carbonyl (C=O) groups excluding carboxylic acids is 3. The number of piperazine rings is 1. The highest BCUT2D eigenvalue weighted by Crippen LogP contribution is 2.46. The van der Waals surface area contributed by atoms with Crippen LogP contribution in [0.5, 0.6) is 0 Å². The van der Waals surface area contributed by atoms with Crippen molar-refractivity contribution in [3.63, 3.8) is 0 Å². The Kier molecular flexibility index (Phi) is 7.13. The molecule has 0 bridgehead atoms. The summed E-state index contributed by atoms with van der Waals surface area (Å²) in [5.74, 6) is -0.449. The molecule has 0 radical (unpaired) electrons. The first kappa shape index (κ1) is 29.6. The van der Waals surface area contributed by atoms with Gasteiger partial charge >= 0.3 is 6.03 Å². The van der Waals surface area contributed by atoms with Crippen LogP contribution >= 0.6 is 0 Å². The first-order valence-electron chi connectivity index (χ1n) is 15.6. The molecule has 46 heavy (non-hydrogen) atoms. The lowest BCUT2D eigenvalue weighted by atomic mass is 9.70. The van der Waals surface area contributed by atoms with Gasteiger partial charge in [-0.2, -0.15) is 5.26 Å². The molecule has 1 aliphatic carbocycles. The monoisotopic (exact) mass is 619 g/mol. The van der Waals surface area contributed by atoms with Crippen molar-refractivity contribution in [2.45, 2.75) is 45.6 Å². The van der Waals surface area contributed by atoms with Crippen LogP contribution in [0.25, 0.3) is 10.9 Å². The fraction of sp³-hybridized carbons (Fsp3) is 0.343. The predicted molar refractivity (Wildman–Crippen MR) is 172 cm³/mol. The van der Waals surface area contributed by atoms with Crippen molar-refractivity contribution >= 4 is 40.1 Å². The third-order valence-corrected chi connectivity index (χ3v) is 9.66. The summed E-state index contributed by atoms with van der Waals surface area (Å²) >= 11 is 0. The molecule has 3 amide bonds. The minimum atomic E-state index is -0.550. The van der Waals surface area contributed by atoms with Crippen molar-refractivity contribution in [1.82, 2.24) is 20.2 Å². The number of rotatable bonds is 5. The number of ketones is 1. The molecule has 2 fully saturated rings. The predicted octanol–water partition coefficient (Wildman–Crippen LogP) is 4.77. The molecule has 2 saturated heterocycles. The second kappa shape index (κ2) is 11.1. The standard InChI is InChI=1S/C35H34FN7O3/c1-4-21-14-24-25(35(2,3)33-31(32(24)45)23-6-5-20(17-37)13-27(23)39-33)16-28(21)42-11-9-41(10-12-42)19-22-15-29(38-18-26(22)36)43-8-7-30(44)40-34(43)46/h5-6,13-16,18,39H,4,7-12,19H2,1-3H3,(H,40,44,46). The molecule has 2 aromatic heterocycles. The molecular formula is C35H34FN7O3. The van der Waals surface area contributed by atoms with E-state index in [1.54, 1.807) is 18.2 Å². The third kappa shape index (κ3) is 4.81. The number of halogens is 1. The molecule has 10 nitrogen and oxygen atoms in total. The molecule has 4 heterocycles. The molecule has 0 unspecified atom stereocenters. The summed E-state index contributed by atoms with van der Waals surface area (Å²) in [6.07, 6.45) is 2.07. The fourth-order valence-electron chi connectivity index (χ4n) is 7.06. The van der Waals surface area contributed by atoms with E-state index in [0.29, 0.717) is 42.1 Å². The number of amides is 3. The molecule has 2 aromatic carbocycles. The van der Waals surface area contributed by atoms with Gasteiger partial charge in [0.2, 0.25) is 5.91 Å². The summed E-state index contributed by atoms with van der Waals surface area (Å²) in [6, 6.07) is 12.9. The first-order chi connectivity index (χ1) is 22.1. The lowest BCUT2D eigenvalue weighted by molar-refractivity contribution is -0.120. The molecule has 4 aromatic rings. The number of urea groups is 1. The highest BCUT2D eigenvalue weighted by atomic mass is 19.1. The Bertz CT molecular complexity index is 1980. The number of pyridine rings is 1. The van der Waals surface area contributed by atoms with Gasteiger partial charge in [0.15, 0.2) is 5.78 Å². The Balaban J connectivity index is 1.12. The number of carbonyl (C=O) groups is 3. The van der Waals surface area contributed by atoms with E-state index in [9.17, 15) is 24.0 Å². The maximum Gasteiger partial charge on any atom is 0.329 e. The van der Waals surface area contributed by atoms with E-state index < -0.39 is 17.3 Å². The molecule has 3 aliphatic rings. The largest absolute Gasteiger partial charge is 0.369 e. The number of H-pyrrole nitrogens is 1. The maximum absolute atomic E-state index is 14.9. The molecular weight excluding hydrogens is 585 g/mol. The number of hydrogen-bond donors (Lipinski definition) is 2. The maximum atomic E-state index is 14.9. The molecule has 0 atom stereocenters. The van der Waals surface area contributed by atoms with E-state index in [0.717, 1.165) is 64.7 Å². The van der Waals surface area contributed by atoms with Crippen LogP contribution in [0, 0.1) is 17.1 Å². The van der Waals surface area contributed by atoms with Gasteiger partial charge in [-0.1, -0.05) is 26.8 Å². The summed E-state index contributed by atoms with van der Waals surface area (Å²) in [7, 11) is 0. The van der Waals surface area contributed by atoms with Crippen molar-refractivity contribution in [1.29, 1.82) is 5.26 Å². The number of hydrogen-bond acceptors (Lipinski definition) is 7. The Morgan fingerprint density at radius 2 is 1.80 bits per heavy atom. The van der Waals surface area contributed by atoms with Gasteiger partial charge in [-0.15, -0.1) is 0 Å². The van der Waals surface area contributed by atoms with Gasteiger partial charge in [0.05, 0.1) is 23.4 Å². The average Bonchev–Trinajstić information content (AvgIpc) is 3.45. The topological polar surface area (TPSA) is 125 Å². The summed E-state index contributed by atoms with van der Waals surface area (Å²) in [4.78, 5) is 51.3. The SMILES string of the molecule is CCc1cc2c(cc1N1CCN(Cc3cc(N4CCC(=O)NC4=O)ncc3F)CC1)C(C)(C)c1[nH]c3cc(C#N)ccc3c1C2=O. The van der Waals surface area contributed by atoms with Crippen molar-refractivity contribution < 1.29 is 18.8 Å². The number of aryl methyl sites for hydroxylation is 1. The Labute approximate surface area is 265 Å². The Morgan fingerprint density at radius 3 is 2.52 bits per heavy atom. The van der Waals surface area contributed by atoms with Crippen LogP contribution in [0.15, 0.2) is 42.6 Å². The summed E-state index contributed by atoms with van der Waals surface area (Å²) in [5.41, 5.74) is 6.76. The highest BCUT2D eigenvalue weighted by Gasteiger charge is 2.40. The second-order valence-corrected chi connectivity index (χ2v) is 12.7. The Hall–Kier alpha value is -5.08. The number of aromatic amines is 1. The fourth-order valence-corrected chi connectivity index (χ4v) is 7.06. The molecule has 0 spiro atoms. The normalized spacial score (nSPS) is 17.9. The minimum Gasteiger partial charge on any atom is -0.369 e. The van der Waals surface area contributed by atoms with E-state index in [4.69, 9.17) is 0 Å². The van der Waals surface area contributed by atoms with E-state index in [1.807, 2.05) is 6.07 Å². The summed E-state index contributed by atoms with van der Waals surface area (Å²) in [5, 5.41) is 12.5. The van der Waals surface area contributed by atoms with Gasteiger partial charge in [-0.3, -0.25) is 24.7 Å². The quantitative estimate of drug-likeness (QED) is 0.330. The number of nitrogens with zero attached hydrogens (tertiary/aromatic N) is 5. The van der Waals surface area contributed by atoms with Crippen LogP contribution < -0.4 is 15.1 Å². The molecule has 2 aliphatic heterocycles. The smallest absolute Gasteiger partial charge is 0.329 e. The lowest BCUT2D eigenvalue weighted by Crippen LogP contribution is -2.50. The molecule has 7 rings (SSSR count). The van der Waals surface area contributed by atoms with E-state index in [2.05, 4.69) is 64.1 Å². The van der Waals surface area contributed by atoms with Crippen molar-refractivity contribution in [3.8, 4) is 6.07 Å². The van der Waals surface area contributed by atoms with Gasteiger partial charge in [-0.25, -0.2) is 14.2 Å². The van der Waals surface area contributed by atoms with Crippen LogP contribution in [0.1, 0.15) is 71.1 Å². The van der Waals surface area contributed by atoms with Crippen LogP contribution in [-0.2, 0) is 23.2 Å². The molecule has 0 saturated carbocycles. The summed E-state index contributed by atoms with van der Waals surface area (Å²) in [6.45, 7) is 9.79. The number of imide groups is 1. The number of benzene rings is 2. The van der Waals surface area contributed by atoms with Gasteiger partial charge in [0.25, 0.3) is 0 Å². The van der Waals surface area contributed by atoms with Gasteiger partial charge in [0.1, 0.15) is 11.6 Å². The first-order valence-corrected chi connectivity index (χ1v) is 15.6. The Morgan fingerprint density at radius 1 is 1.02 bits per heavy atom. The second-order valence-electron chi connectivity index (χ2n) is 12.7. The zero-order valence-electron chi connectivity index (χ0n) is 26.0. The number of anilines is 2. The van der Waals surface area contributed by atoms with Crippen LogP contribution in [0.3, 0.4) is 0 Å². The number of nitrogens with one attached hydrogen (secondary N) is 2. The average molecular weight is 620 g/mol. The van der Waals surface area contributed by atoms with Crippen molar-refractivity contribution in [3.05, 3.63) is 87.5 Å². The molecule has 234 valence electrons. The van der Waals surface area contributed by atoms with Crippen LogP contribution in [0.2, 0.25) is 0 Å². The zero-order valence-corrected chi connectivity index (χ0v) is 26.0. The van der Waals surface area contributed by atoms with Crippen LogP contribution in [-0.4, -0.2) is 65.3 Å². The van der Waals surface area contributed by atoms with Gasteiger partial charge < -0.3 is 9.88 Å². The number of nitriles is 1. The molecule has 2 N–H and O–H groups in total. The van der Waals surface area contributed by atoms with E-state index >= 15 is 0 Å². The number of aromatic nitrogens is 2. The highest BCUT2D eigenvalue weighted by molar-refractivity contribution is 6.20. The number of fused-ring (bicyclic) bond motifs is 4. The molecule has 11 heteroatoms. The summed E-state index contributed by atoms with van der Waals surface area (Å²) < 4.78 is 14.9.